The van der Waals surface area contributed by atoms with Crippen molar-refractivity contribution in [3.8, 4) is 12.3 Å². The molecular formula is C14H24N2O2. The van der Waals surface area contributed by atoms with Crippen LogP contribution in [0, 0.1) is 12.3 Å². The van der Waals surface area contributed by atoms with Crippen molar-refractivity contribution in [3.63, 3.8) is 0 Å². The van der Waals surface area contributed by atoms with Crippen LogP contribution in [0.2, 0.25) is 0 Å². The van der Waals surface area contributed by atoms with Gasteiger partial charge in [0.2, 0.25) is 5.91 Å². The average molecular weight is 252 g/mol. The molecule has 0 spiro atoms. The highest BCUT2D eigenvalue weighted by molar-refractivity contribution is 5.75. The van der Waals surface area contributed by atoms with E-state index < -0.39 is 0 Å². The molecule has 0 bridgehead atoms. The predicted molar refractivity (Wildman–Crippen MR) is 72.2 cm³/mol. The van der Waals surface area contributed by atoms with Crippen LogP contribution in [-0.2, 0) is 9.53 Å². The zero-order valence-electron chi connectivity index (χ0n) is 11.0. The van der Waals surface area contributed by atoms with E-state index in [-0.39, 0.29) is 5.91 Å². The van der Waals surface area contributed by atoms with Gasteiger partial charge in [-0.05, 0) is 38.8 Å². The Labute approximate surface area is 110 Å². The van der Waals surface area contributed by atoms with Crippen LogP contribution < -0.4 is 10.6 Å². The highest BCUT2D eigenvalue weighted by Gasteiger charge is 2.12. The van der Waals surface area contributed by atoms with Crippen molar-refractivity contribution in [2.24, 2.45) is 0 Å². The molecule has 4 heteroatoms. The van der Waals surface area contributed by atoms with Gasteiger partial charge in [0, 0.05) is 19.4 Å². The van der Waals surface area contributed by atoms with Gasteiger partial charge in [-0.3, -0.25) is 4.79 Å². The van der Waals surface area contributed by atoms with Gasteiger partial charge < -0.3 is 15.4 Å². The number of ether oxygens (including phenoxy) is 1. The van der Waals surface area contributed by atoms with Gasteiger partial charge >= 0.3 is 0 Å². The summed E-state index contributed by atoms with van der Waals surface area (Å²) < 4.78 is 5.70. The third-order valence-electron chi connectivity index (χ3n) is 3.04. The average Bonchev–Trinajstić information content (AvgIpc) is 2.41. The van der Waals surface area contributed by atoms with Crippen LogP contribution in [0.25, 0.3) is 0 Å². The number of rotatable bonds is 8. The van der Waals surface area contributed by atoms with Crippen molar-refractivity contribution in [1.29, 1.82) is 0 Å². The maximum Gasteiger partial charge on any atom is 0.220 e. The number of hydrogen-bond acceptors (Lipinski definition) is 3. The van der Waals surface area contributed by atoms with Crippen LogP contribution in [0.3, 0.4) is 0 Å². The van der Waals surface area contributed by atoms with E-state index in [4.69, 9.17) is 11.2 Å². The van der Waals surface area contributed by atoms with Gasteiger partial charge in [-0.1, -0.05) is 0 Å². The molecule has 0 unspecified atom stereocenters. The van der Waals surface area contributed by atoms with Crippen molar-refractivity contribution < 1.29 is 9.53 Å². The summed E-state index contributed by atoms with van der Waals surface area (Å²) in [5, 5.41) is 6.16. The topological polar surface area (TPSA) is 50.4 Å². The molecule has 1 aliphatic rings. The second kappa shape index (κ2) is 9.93. The van der Waals surface area contributed by atoms with Gasteiger partial charge in [0.1, 0.15) is 0 Å². The first-order valence-electron chi connectivity index (χ1n) is 6.85. The van der Waals surface area contributed by atoms with Gasteiger partial charge in [-0.25, -0.2) is 0 Å². The second-order valence-corrected chi connectivity index (χ2v) is 4.58. The summed E-state index contributed by atoms with van der Waals surface area (Å²) in [6.07, 6.45) is 10.8. The minimum absolute atomic E-state index is 0.0981. The van der Waals surface area contributed by atoms with Crippen LogP contribution in [-0.4, -0.2) is 38.3 Å². The normalized spacial score (nSPS) is 16.2. The maximum atomic E-state index is 11.4. The van der Waals surface area contributed by atoms with Crippen LogP contribution in [0.15, 0.2) is 0 Å². The van der Waals surface area contributed by atoms with E-state index in [1.165, 1.54) is 0 Å². The van der Waals surface area contributed by atoms with Gasteiger partial charge in [-0.15, -0.1) is 12.3 Å². The smallest absolute Gasteiger partial charge is 0.220 e. The highest BCUT2D eigenvalue weighted by atomic mass is 16.5. The molecule has 0 aliphatic carbocycles. The lowest BCUT2D eigenvalue weighted by atomic mass is 10.1. The minimum Gasteiger partial charge on any atom is -0.376 e. The number of piperidine rings is 1. The molecule has 4 nitrogen and oxygen atoms in total. The van der Waals surface area contributed by atoms with Crippen LogP contribution in [0.4, 0.5) is 0 Å². The van der Waals surface area contributed by atoms with Crippen molar-refractivity contribution in [3.05, 3.63) is 0 Å². The van der Waals surface area contributed by atoms with Gasteiger partial charge in [0.05, 0.1) is 12.7 Å². The molecular weight excluding hydrogens is 228 g/mol. The summed E-state index contributed by atoms with van der Waals surface area (Å²) in [5.74, 6) is 2.67. The number of carbonyl (C=O) groups excluding carboxylic acids is 1. The molecule has 0 radical (unpaired) electrons. The number of carbonyl (C=O) groups is 1. The summed E-state index contributed by atoms with van der Waals surface area (Å²) in [4.78, 5) is 11.4. The molecule has 1 aliphatic heterocycles. The molecule has 1 rings (SSSR count). The van der Waals surface area contributed by atoms with Gasteiger partial charge in [-0.2, -0.15) is 0 Å². The lowest BCUT2D eigenvalue weighted by molar-refractivity contribution is -0.121. The first-order valence-corrected chi connectivity index (χ1v) is 6.85. The molecule has 18 heavy (non-hydrogen) atoms. The zero-order chi connectivity index (χ0) is 13.1. The van der Waals surface area contributed by atoms with Crippen molar-refractivity contribution in [1.82, 2.24) is 10.6 Å². The van der Waals surface area contributed by atoms with Gasteiger partial charge in [0.15, 0.2) is 0 Å². The quantitative estimate of drug-likeness (QED) is 0.502. The standard InChI is InChI=1S/C14H24N2O2/c1-2-3-4-5-6-14(17)16-11-12-18-13-7-9-15-10-8-13/h1,13,15H,3-12H2,(H,16,17). The fourth-order valence-electron chi connectivity index (χ4n) is 1.98. The fourth-order valence-corrected chi connectivity index (χ4v) is 1.98. The molecule has 1 amide bonds. The highest BCUT2D eigenvalue weighted by Crippen LogP contribution is 2.06. The zero-order valence-corrected chi connectivity index (χ0v) is 11.0. The minimum atomic E-state index is 0.0981. The number of nitrogens with one attached hydrogen (secondary N) is 2. The number of hydrogen-bond donors (Lipinski definition) is 2. The summed E-state index contributed by atoms with van der Waals surface area (Å²) in [5.41, 5.74) is 0. The van der Waals surface area contributed by atoms with Crippen LogP contribution in [0.1, 0.15) is 38.5 Å². The molecule has 0 aromatic heterocycles. The Morgan fingerprint density at radius 1 is 1.39 bits per heavy atom. The van der Waals surface area contributed by atoms with Crippen molar-refractivity contribution in [2.75, 3.05) is 26.2 Å². The molecule has 1 saturated heterocycles. The Balaban J connectivity index is 1.90. The Morgan fingerprint density at radius 2 is 2.17 bits per heavy atom. The van der Waals surface area contributed by atoms with E-state index in [2.05, 4.69) is 16.6 Å². The maximum absolute atomic E-state index is 11.4. The Kier molecular flexibility index (Phi) is 8.28. The summed E-state index contributed by atoms with van der Waals surface area (Å²) >= 11 is 0. The predicted octanol–water partition coefficient (Wildman–Crippen LogP) is 1.06. The van der Waals surface area contributed by atoms with E-state index >= 15 is 0 Å². The molecule has 0 aromatic rings. The third-order valence-corrected chi connectivity index (χ3v) is 3.04. The first kappa shape index (κ1) is 15.0. The Bertz CT molecular complexity index is 267. The Morgan fingerprint density at radius 3 is 2.89 bits per heavy atom. The monoisotopic (exact) mass is 252 g/mol. The number of unbranched alkanes of at least 4 members (excludes halogenated alkanes) is 2. The molecule has 0 atom stereocenters. The van der Waals surface area contributed by atoms with E-state index in [0.717, 1.165) is 45.2 Å². The van der Waals surface area contributed by atoms with E-state index in [1.54, 1.807) is 0 Å². The van der Waals surface area contributed by atoms with E-state index in [1.807, 2.05) is 0 Å². The van der Waals surface area contributed by atoms with Gasteiger partial charge in [0.25, 0.3) is 0 Å². The van der Waals surface area contributed by atoms with Crippen LogP contribution in [0.5, 0.6) is 0 Å². The first-order chi connectivity index (χ1) is 8.83. The number of terminal acetylenes is 1. The Hall–Kier alpha value is -1.05. The molecule has 1 heterocycles. The molecule has 0 aromatic carbocycles. The second-order valence-electron chi connectivity index (χ2n) is 4.58. The van der Waals surface area contributed by atoms with E-state index in [9.17, 15) is 4.79 Å². The summed E-state index contributed by atoms with van der Waals surface area (Å²) in [6, 6.07) is 0. The summed E-state index contributed by atoms with van der Waals surface area (Å²) in [6.45, 7) is 3.29. The van der Waals surface area contributed by atoms with Crippen LogP contribution >= 0.6 is 0 Å². The summed E-state index contributed by atoms with van der Waals surface area (Å²) in [7, 11) is 0. The molecule has 1 fully saturated rings. The third kappa shape index (κ3) is 7.31. The lowest BCUT2D eigenvalue weighted by Crippen LogP contribution is -2.34. The number of amides is 1. The molecule has 2 N–H and O–H groups in total. The van der Waals surface area contributed by atoms with Crippen molar-refractivity contribution >= 4 is 5.91 Å². The van der Waals surface area contributed by atoms with E-state index in [0.29, 0.717) is 25.7 Å². The SMILES string of the molecule is C#CCCCCC(=O)NCCOC1CCNCC1. The molecule has 102 valence electrons. The largest absolute Gasteiger partial charge is 0.376 e. The molecule has 0 saturated carbocycles. The van der Waals surface area contributed by atoms with Crippen molar-refractivity contribution in [2.45, 2.75) is 44.6 Å². The fraction of sp³-hybridized carbons (Fsp3) is 0.786. The lowest BCUT2D eigenvalue weighted by Gasteiger charge is -2.22.